The fraction of sp³-hybridized carbons (Fsp3) is 0.188. The predicted molar refractivity (Wildman–Crippen MR) is 71.3 cm³/mol. The van der Waals surface area contributed by atoms with Crippen molar-refractivity contribution in [3.8, 4) is 11.8 Å². The number of nitrogens with zero attached hydrogens (tertiary/aromatic N) is 1. The lowest BCUT2D eigenvalue weighted by Crippen LogP contribution is -2.25. The Bertz CT molecular complexity index is 550. The lowest BCUT2D eigenvalue weighted by molar-refractivity contribution is 0.109. The first-order chi connectivity index (χ1) is 8.62. The number of hydrogen-bond donors (Lipinski definition) is 0. The third-order valence-corrected chi connectivity index (χ3v) is 2.83. The van der Waals surface area contributed by atoms with Gasteiger partial charge in [-0.15, -0.1) is 0 Å². The van der Waals surface area contributed by atoms with Crippen LogP contribution in [-0.4, -0.2) is 0 Å². The van der Waals surface area contributed by atoms with Crippen LogP contribution in [0.5, 0.6) is 5.75 Å². The number of hydrogen-bond acceptors (Lipinski definition) is 2. The number of rotatable bonds is 3. The summed E-state index contributed by atoms with van der Waals surface area (Å²) < 4.78 is 5.98. The first kappa shape index (κ1) is 12.2. The maximum Gasteiger partial charge on any atom is 0.128 e. The fourth-order valence-corrected chi connectivity index (χ4v) is 1.79. The van der Waals surface area contributed by atoms with Crippen molar-refractivity contribution in [3.63, 3.8) is 0 Å². The molecule has 0 saturated carbocycles. The molecule has 0 amide bonds. The maximum atomic E-state index is 8.75. The molecule has 0 spiro atoms. The van der Waals surface area contributed by atoms with Crippen molar-refractivity contribution in [1.29, 1.82) is 5.26 Å². The minimum atomic E-state index is -0.393. The van der Waals surface area contributed by atoms with Crippen LogP contribution in [0.15, 0.2) is 54.6 Å². The summed E-state index contributed by atoms with van der Waals surface area (Å²) in [6.45, 7) is 4.06. The van der Waals surface area contributed by atoms with Crippen molar-refractivity contribution >= 4 is 0 Å². The van der Waals surface area contributed by atoms with Crippen molar-refractivity contribution in [2.24, 2.45) is 0 Å². The summed E-state index contributed by atoms with van der Waals surface area (Å²) in [7, 11) is 0. The third-order valence-electron chi connectivity index (χ3n) is 2.83. The molecule has 0 aliphatic rings. The smallest absolute Gasteiger partial charge is 0.128 e. The first-order valence-corrected chi connectivity index (χ1v) is 5.86. The molecule has 0 aliphatic heterocycles. The van der Waals surface area contributed by atoms with Gasteiger partial charge in [0.15, 0.2) is 0 Å². The minimum absolute atomic E-state index is 0.393. The van der Waals surface area contributed by atoms with Crippen LogP contribution in [0, 0.1) is 11.3 Å². The zero-order valence-electron chi connectivity index (χ0n) is 10.6. The third kappa shape index (κ3) is 2.70. The molecule has 2 nitrogen and oxygen atoms in total. The molecule has 0 N–H and O–H groups in total. The predicted octanol–water partition coefficient (Wildman–Crippen LogP) is 3.87. The summed E-state index contributed by atoms with van der Waals surface area (Å²) in [5.41, 5.74) is 1.37. The molecular formula is C16H15NO. The van der Waals surface area contributed by atoms with Gasteiger partial charge in [-0.3, -0.25) is 0 Å². The van der Waals surface area contributed by atoms with Gasteiger partial charge in [-0.2, -0.15) is 5.26 Å². The standard InChI is InChI=1S/C16H15NO/c1-16(2,14-6-4-3-5-7-14)18-15-10-8-13(12-17)9-11-15/h3-11H,1-2H3. The zero-order valence-corrected chi connectivity index (χ0v) is 10.6. The highest BCUT2D eigenvalue weighted by atomic mass is 16.5. The second-order valence-electron chi connectivity index (χ2n) is 4.61. The maximum absolute atomic E-state index is 8.75. The Morgan fingerprint density at radius 3 is 2.11 bits per heavy atom. The Morgan fingerprint density at radius 1 is 0.944 bits per heavy atom. The van der Waals surface area contributed by atoms with Crippen LogP contribution < -0.4 is 4.74 Å². The SMILES string of the molecule is CC(C)(Oc1ccc(C#N)cc1)c1ccccc1. The molecule has 2 heteroatoms. The second-order valence-corrected chi connectivity index (χ2v) is 4.61. The molecule has 0 atom stereocenters. The quantitative estimate of drug-likeness (QED) is 0.811. The van der Waals surface area contributed by atoms with E-state index in [1.54, 1.807) is 12.1 Å². The summed E-state index contributed by atoms with van der Waals surface area (Å²) in [4.78, 5) is 0. The highest BCUT2D eigenvalue weighted by Gasteiger charge is 2.22. The van der Waals surface area contributed by atoms with Crippen molar-refractivity contribution < 1.29 is 4.74 Å². The van der Waals surface area contributed by atoms with E-state index in [-0.39, 0.29) is 0 Å². The molecule has 0 saturated heterocycles. The van der Waals surface area contributed by atoms with E-state index in [4.69, 9.17) is 10.00 Å². The van der Waals surface area contributed by atoms with Crippen LogP contribution in [0.3, 0.4) is 0 Å². The van der Waals surface area contributed by atoms with Gasteiger partial charge in [0.25, 0.3) is 0 Å². The van der Waals surface area contributed by atoms with E-state index in [1.165, 1.54) is 0 Å². The van der Waals surface area contributed by atoms with Gasteiger partial charge < -0.3 is 4.74 Å². The molecule has 2 aromatic rings. The molecule has 90 valence electrons. The molecule has 2 aromatic carbocycles. The van der Waals surface area contributed by atoms with E-state index in [1.807, 2.05) is 56.3 Å². The number of benzene rings is 2. The van der Waals surface area contributed by atoms with E-state index in [0.717, 1.165) is 11.3 Å². The van der Waals surface area contributed by atoms with Gasteiger partial charge in [0, 0.05) is 0 Å². The number of nitriles is 1. The Kier molecular flexibility index (Phi) is 3.34. The van der Waals surface area contributed by atoms with Gasteiger partial charge in [-0.05, 0) is 43.7 Å². The van der Waals surface area contributed by atoms with E-state index in [9.17, 15) is 0 Å². The topological polar surface area (TPSA) is 33.0 Å². The van der Waals surface area contributed by atoms with Crippen LogP contribution in [-0.2, 0) is 5.60 Å². The summed E-state index contributed by atoms with van der Waals surface area (Å²) in [6.07, 6.45) is 0. The molecule has 0 fully saturated rings. The van der Waals surface area contributed by atoms with Crippen LogP contribution >= 0.6 is 0 Å². The summed E-state index contributed by atoms with van der Waals surface area (Å²) in [5.74, 6) is 0.767. The second kappa shape index (κ2) is 4.93. The Hall–Kier alpha value is -2.27. The highest BCUT2D eigenvalue weighted by molar-refractivity contribution is 5.35. The summed E-state index contributed by atoms with van der Waals surface area (Å²) >= 11 is 0. The molecule has 0 bridgehead atoms. The van der Waals surface area contributed by atoms with Crippen molar-refractivity contribution in [2.45, 2.75) is 19.4 Å². The Balaban J connectivity index is 2.20. The molecule has 0 radical (unpaired) electrons. The molecule has 0 aromatic heterocycles. The van der Waals surface area contributed by atoms with E-state index in [2.05, 4.69) is 6.07 Å². The van der Waals surface area contributed by atoms with Gasteiger partial charge in [-0.1, -0.05) is 30.3 Å². The van der Waals surface area contributed by atoms with Crippen LogP contribution in [0.25, 0.3) is 0 Å². The van der Waals surface area contributed by atoms with Crippen molar-refractivity contribution in [3.05, 3.63) is 65.7 Å². The van der Waals surface area contributed by atoms with E-state index < -0.39 is 5.60 Å². The molecule has 0 heterocycles. The number of ether oxygens (including phenoxy) is 1. The zero-order chi connectivity index (χ0) is 13.0. The first-order valence-electron chi connectivity index (χ1n) is 5.86. The molecule has 0 aliphatic carbocycles. The van der Waals surface area contributed by atoms with Gasteiger partial charge in [0.05, 0.1) is 11.6 Å². The molecule has 18 heavy (non-hydrogen) atoms. The fourth-order valence-electron chi connectivity index (χ4n) is 1.79. The average molecular weight is 237 g/mol. The lowest BCUT2D eigenvalue weighted by Gasteiger charge is -2.27. The monoisotopic (exact) mass is 237 g/mol. The minimum Gasteiger partial charge on any atom is -0.483 e. The lowest BCUT2D eigenvalue weighted by atomic mass is 9.98. The average Bonchev–Trinajstić information content (AvgIpc) is 2.40. The van der Waals surface area contributed by atoms with E-state index in [0.29, 0.717) is 5.56 Å². The van der Waals surface area contributed by atoms with Gasteiger partial charge in [0.2, 0.25) is 0 Å². The molecule has 2 rings (SSSR count). The molecule has 0 unspecified atom stereocenters. The van der Waals surface area contributed by atoms with Crippen LogP contribution in [0.1, 0.15) is 25.0 Å². The van der Waals surface area contributed by atoms with E-state index >= 15 is 0 Å². The normalized spacial score (nSPS) is 10.7. The van der Waals surface area contributed by atoms with Gasteiger partial charge in [-0.25, -0.2) is 0 Å². The molecular weight excluding hydrogens is 222 g/mol. The van der Waals surface area contributed by atoms with Crippen molar-refractivity contribution in [1.82, 2.24) is 0 Å². The largest absolute Gasteiger partial charge is 0.483 e. The highest BCUT2D eigenvalue weighted by Crippen LogP contribution is 2.27. The van der Waals surface area contributed by atoms with Gasteiger partial charge >= 0.3 is 0 Å². The van der Waals surface area contributed by atoms with Gasteiger partial charge in [0.1, 0.15) is 11.4 Å². The van der Waals surface area contributed by atoms with Crippen LogP contribution in [0.4, 0.5) is 0 Å². The van der Waals surface area contributed by atoms with Crippen molar-refractivity contribution in [2.75, 3.05) is 0 Å². The summed E-state index contributed by atoms with van der Waals surface area (Å²) in [6, 6.07) is 19.3. The Labute approximate surface area is 107 Å². The Morgan fingerprint density at radius 2 is 1.56 bits per heavy atom. The van der Waals surface area contributed by atoms with Crippen LogP contribution in [0.2, 0.25) is 0 Å². The summed E-state index contributed by atoms with van der Waals surface area (Å²) in [5, 5.41) is 8.75.